The Morgan fingerprint density at radius 2 is 1.97 bits per heavy atom. The second-order valence-electron chi connectivity index (χ2n) is 8.15. The molecule has 1 fully saturated rings. The number of likely N-dealkylation sites (tertiary alicyclic amines) is 1. The van der Waals surface area contributed by atoms with Crippen LogP contribution in [0.15, 0.2) is 52.4 Å². The number of piperidine rings is 1. The van der Waals surface area contributed by atoms with Crippen molar-refractivity contribution in [3.05, 3.63) is 63.9 Å². The lowest BCUT2D eigenvalue weighted by molar-refractivity contribution is -0.130. The van der Waals surface area contributed by atoms with Gasteiger partial charge in [0.1, 0.15) is 0 Å². The maximum atomic E-state index is 13.4. The van der Waals surface area contributed by atoms with E-state index in [1.165, 1.54) is 18.2 Å². The van der Waals surface area contributed by atoms with Crippen LogP contribution in [-0.2, 0) is 4.79 Å². The molecule has 0 radical (unpaired) electrons. The summed E-state index contributed by atoms with van der Waals surface area (Å²) in [6.07, 6.45) is 2.23. The van der Waals surface area contributed by atoms with Gasteiger partial charge < -0.3 is 4.90 Å². The Labute approximate surface area is 181 Å². The molecular weight excluding hydrogens is 394 g/mol. The second kappa shape index (κ2) is 8.64. The van der Waals surface area contributed by atoms with Gasteiger partial charge in [0, 0.05) is 13.1 Å². The van der Waals surface area contributed by atoms with E-state index in [9.17, 15) is 9.59 Å². The average Bonchev–Trinajstić information content (AvgIpc) is 2.74. The number of fused-ring (bicyclic) bond motifs is 1. The normalized spacial score (nSPS) is 16.8. The summed E-state index contributed by atoms with van der Waals surface area (Å²) in [5.41, 5.74) is 3.53. The Bertz CT molecular complexity index is 1150. The molecule has 0 unspecified atom stereocenters. The highest BCUT2D eigenvalue weighted by Crippen LogP contribution is 2.25. The number of carbonyl (C=O) groups excluding carboxylic acids is 1. The largest absolute Gasteiger partial charge is 0.342 e. The topological polar surface area (TPSA) is 55.2 Å². The molecule has 0 aliphatic carbocycles. The van der Waals surface area contributed by atoms with Gasteiger partial charge in [-0.15, -0.1) is 0 Å². The van der Waals surface area contributed by atoms with Crippen LogP contribution in [-0.4, -0.2) is 39.2 Å². The third-order valence-electron chi connectivity index (χ3n) is 5.90. The van der Waals surface area contributed by atoms with Crippen LogP contribution in [0.3, 0.4) is 0 Å². The standard InChI is InChI=1S/C24H27N3O2S/c1-16-8-7-13-26(14-16)22(28)15-30-24-25-20-11-5-4-10-19(20)23(29)27(24)21-12-6-9-17(2)18(21)3/h4-6,9-12,16H,7-8,13-15H2,1-3H3/t16-/m0/s1. The van der Waals surface area contributed by atoms with Gasteiger partial charge in [-0.1, -0.05) is 43.0 Å². The number of thioether (sulfide) groups is 1. The molecule has 156 valence electrons. The minimum atomic E-state index is -0.101. The molecule has 1 atom stereocenters. The first-order chi connectivity index (χ1) is 14.5. The Hall–Kier alpha value is -2.60. The summed E-state index contributed by atoms with van der Waals surface area (Å²) in [7, 11) is 0. The van der Waals surface area contributed by atoms with Gasteiger partial charge in [0.15, 0.2) is 5.16 Å². The number of aryl methyl sites for hydroxylation is 1. The van der Waals surface area contributed by atoms with Gasteiger partial charge in [-0.05, 0) is 61.9 Å². The molecule has 2 aromatic carbocycles. The molecular formula is C24H27N3O2S. The van der Waals surface area contributed by atoms with Gasteiger partial charge in [-0.2, -0.15) is 0 Å². The van der Waals surface area contributed by atoms with Crippen LogP contribution < -0.4 is 5.56 Å². The zero-order valence-electron chi connectivity index (χ0n) is 17.7. The van der Waals surface area contributed by atoms with Gasteiger partial charge in [0.2, 0.25) is 5.91 Å². The number of nitrogens with zero attached hydrogens (tertiary/aromatic N) is 3. The monoisotopic (exact) mass is 421 g/mol. The molecule has 1 saturated heterocycles. The van der Waals surface area contributed by atoms with E-state index in [4.69, 9.17) is 4.98 Å². The minimum Gasteiger partial charge on any atom is -0.342 e. The summed E-state index contributed by atoms with van der Waals surface area (Å²) in [5, 5.41) is 1.14. The predicted octanol–water partition coefficient (Wildman–Crippen LogP) is 4.35. The summed E-state index contributed by atoms with van der Waals surface area (Å²) in [4.78, 5) is 33.0. The van der Waals surface area contributed by atoms with Crippen LogP contribution in [0, 0.1) is 19.8 Å². The predicted molar refractivity (Wildman–Crippen MR) is 123 cm³/mol. The zero-order valence-corrected chi connectivity index (χ0v) is 18.5. The van der Waals surface area contributed by atoms with Crippen molar-refractivity contribution in [1.82, 2.24) is 14.5 Å². The molecule has 4 rings (SSSR count). The number of hydrogen-bond donors (Lipinski definition) is 0. The highest BCUT2D eigenvalue weighted by atomic mass is 32.2. The third kappa shape index (κ3) is 4.01. The third-order valence-corrected chi connectivity index (χ3v) is 6.82. The fraction of sp³-hybridized carbons (Fsp3) is 0.375. The second-order valence-corrected chi connectivity index (χ2v) is 9.09. The first-order valence-electron chi connectivity index (χ1n) is 10.4. The Kier molecular flexibility index (Phi) is 5.95. The van der Waals surface area contributed by atoms with Crippen molar-refractivity contribution in [2.75, 3.05) is 18.8 Å². The van der Waals surface area contributed by atoms with E-state index < -0.39 is 0 Å². The molecule has 5 nitrogen and oxygen atoms in total. The van der Waals surface area contributed by atoms with Crippen molar-refractivity contribution in [1.29, 1.82) is 0 Å². The van der Waals surface area contributed by atoms with Crippen molar-refractivity contribution in [2.24, 2.45) is 5.92 Å². The summed E-state index contributed by atoms with van der Waals surface area (Å²) in [6.45, 7) is 7.87. The molecule has 1 aliphatic heterocycles. The van der Waals surface area contributed by atoms with Crippen LogP contribution >= 0.6 is 11.8 Å². The van der Waals surface area contributed by atoms with E-state index in [1.54, 1.807) is 10.6 Å². The molecule has 1 amide bonds. The van der Waals surface area contributed by atoms with Crippen molar-refractivity contribution in [3.8, 4) is 5.69 Å². The SMILES string of the molecule is Cc1cccc(-n2c(SCC(=O)N3CCC[C@H](C)C3)nc3ccccc3c2=O)c1C. The molecule has 30 heavy (non-hydrogen) atoms. The lowest BCUT2D eigenvalue weighted by Crippen LogP contribution is -2.40. The zero-order chi connectivity index (χ0) is 21.3. The first kappa shape index (κ1) is 20.7. The molecule has 2 heterocycles. The van der Waals surface area contributed by atoms with Crippen molar-refractivity contribution in [3.63, 3.8) is 0 Å². The van der Waals surface area contributed by atoms with E-state index in [-0.39, 0.29) is 17.2 Å². The van der Waals surface area contributed by atoms with Crippen LogP contribution in [0.2, 0.25) is 0 Å². The molecule has 3 aromatic rings. The molecule has 0 saturated carbocycles. The summed E-state index contributed by atoms with van der Waals surface area (Å²) < 4.78 is 1.67. The number of benzene rings is 2. The fourth-order valence-corrected chi connectivity index (χ4v) is 4.94. The number of aromatic nitrogens is 2. The van der Waals surface area contributed by atoms with Gasteiger partial charge in [-0.25, -0.2) is 4.98 Å². The van der Waals surface area contributed by atoms with E-state index in [0.29, 0.717) is 22.0 Å². The van der Waals surface area contributed by atoms with Crippen LogP contribution in [0.25, 0.3) is 16.6 Å². The van der Waals surface area contributed by atoms with E-state index >= 15 is 0 Å². The summed E-state index contributed by atoms with van der Waals surface area (Å²) >= 11 is 1.35. The van der Waals surface area contributed by atoms with Crippen molar-refractivity contribution >= 4 is 28.6 Å². The highest BCUT2D eigenvalue weighted by molar-refractivity contribution is 7.99. The number of amides is 1. The van der Waals surface area contributed by atoms with Crippen LogP contribution in [0.4, 0.5) is 0 Å². The van der Waals surface area contributed by atoms with E-state index in [1.807, 2.05) is 55.1 Å². The Morgan fingerprint density at radius 1 is 1.17 bits per heavy atom. The molecule has 1 aromatic heterocycles. The number of carbonyl (C=O) groups is 1. The molecule has 0 spiro atoms. The van der Waals surface area contributed by atoms with Crippen molar-refractivity contribution in [2.45, 2.75) is 38.8 Å². The number of para-hydroxylation sites is 1. The Morgan fingerprint density at radius 3 is 2.77 bits per heavy atom. The maximum absolute atomic E-state index is 13.4. The van der Waals surface area contributed by atoms with Gasteiger partial charge >= 0.3 is 0 Å². The summed E-state index contributed by atoms with van der Waals surface area (Å²) in [6, 6.07) is 13.3. The van der Waals surface area contributed by atoms with E-state index in [2.05, 4.69) is 6.92 Å². The number of rotatable bonds is 4. The summed E-state index contributed by atoms with van der Waals surface area (Å²) in [5.74, 6) is 0.934. The molecule has 6 heteroatoms. The lowest BCUT2D eigenvalue weighted by atomic mass is 10.0. The van der Waals surface area contributed by atoms with Crippen LogP contribution in [0.5, 0.6) is 0 Å². The van der Waals surface area contributed by atoms with E-state index in [0.717, 1.165) is 36.3 Å². The Balaban J connectivity index is 1.74. The van der Waals surface area contributed by atoms with Gasteiger partial charge in [0.05, 0.1) is 22.3 Å². The highest BCUT2D eigenvalue weighted by Gasteiger charge is 2.22. The maximum Gasteiger partial charge on any atom is 0.266 e. The van der Waals surface area contributed by atoms with Crippen molar-refractivity contribution < 1.29 is 4.79 Å². The number of hydrogen-bond acceptors (Lipinski definition) is 4. The lowest BCUT2D eigenvalue weighted by Gasteiger charge is -2.30. The van der Waals surface area contributed by atoms with Crippen LogP contribution in [0.1, 0.15) is 30.9 Å². The smallest absolute Gasteiger partial charge is 0.266 e. The first-order valence-corrected chi connectivity index (χ1v) is 11.4. The molecule has 0 N–H and O–H groups in total. The van der Waals surface area contributed by atoms with Gasteiger partial charge in [-0.3, -0.25) is 14.2 Å². The minimum absolute atomic E-state index is 0.101. The molecule has 0 bridgehead atoms. The van der Waals surface area contributed by atoms with Gasteiger partial charge in [0.25, 0.3) is 5.56 Å². The molecule has 1 aliphatic rings. The fourth-order valence-electron chi connectivity index (χ4n) is 4.03. The quantitative estimate of drug-likeness (QED) is 0.464. The average molecular weight is 422 g/mol.